The number of nitrogens with zero attached hydrogens (tertiary/aromatic N) is 1. The van der Waals surface area contributed by atoms with Gasteiger partial charge in [-0.2, -0.15) is 0 Å². The number of aliphatic hydroxyl groups excluding tert-OH is 1. The van der Waals surface area contributed by atoms with Gasteiger partial charge in [-0.3, -0.25) is 14.9 Å². The number of nitrogens with one attached hydrogen (secondary N) is 1. The van der Waals surface area contributed by atoms with Gasteiger partial charge in [0.1, 0.15) is 5.82 Å². The Hall–Kier alpha value is -2.02. The van der Waals surface area contributed by atoms with Gasteiger partial charge in [0, 0.05) is 6.07 Å². The van der Waals surface area contributed by atoms with Gasteiger partial charge in [-0.15, -0.1) is 0 Å². The van der Waals surface area contributed by atoms with Crippen molar-refractivity contribution in [3.63, 3.8) is 0 Å². The van der Waals surface area contributed by atoms with E-state index in [2.05, 4.69) is 5.32 Å². The predicted molar refractivity (Wildman–Crippen MR) is 68.8 cm³/mol. The fraction of sp³-hybridized carbons (Fsp3) is 0.462. The molecule has 0 saturated heterocycles. The second-order valence-corrected chi connectivity index (χ2v) is 4.85. The molecular weight excluding hydrogens is 267 g/mol. The molecule has 1 aromatic carbocycles. The number of benzene rings is 1. The fourth-order valence-electron chi connectivity index (χ4n) is 2.33. The molecule has 0 heterocycles. The van der Waals surface area contributed by atoms with E-state index in [9.17, 15) is 24.4 Å². The Morgan fingerprint density at radius 2 is 2.10 bits per heavy atom. The molecule has 0 radical (unpaired) electrons. The molecular formula is C13H15FN2O4. The number of nitro benzene ring substituents is 1. The number of carbonyl (C=O) groups is 1. The van der Waals surface area contributed by atoms with Gasteiger partial charge in [0.2, 0.25) is 0 Å². The number of nitro groups is 1. The molecule has 1 aliphatic carbocycles. The fourth-order valence-corrected chi connectivity index (χ4v) is 2.33. The lowest BCUT2D eigenvalue weighted by Gasteiger charge is -2.28. The summed E-state index contributed by atoms with van der Waals surface area (Å²) in [5, 5.41) is 22.8. The van der Waals surface area contributed by atoms with Crippen LogP contribution in [0.2, 0.25) is 0 Å². The van der Waals surface area contributed by atoms with Crippen molar-refractivity contribution in [1.29, 1.82) is 0 Å². The molecule has 108 valence electrons. The second-order valence-electron chi connectivity index (χ2n) is 4.85. The standard InChI is InChI=1S/C13H15FN2O4/c14-10-7-8(16(19)20)5-6-9(10)13(18)15-11-3-1-2-4-12(11)17/h5-7,11-12,17H,1-4H2,(H,15,18). The number of non-ortho nitro benzene ring substituents is 1. The van der Waals surface area contributed by atoms with Crippen LogP contribution in [0.4, 0.5) is 10.1 Å². The first kappa shape index (κ1) is 14.4. The Morgan fingerprint density at radius 3 is 2.70 bits per heavy atom. The zero-order chi connectivity index (χ0) is 14.7. The van der Waals surface area contributed by atoms with Gasteiger partial charge < -0.3 is 10.4 Å². The average Bonchev–Trinajstić information content (AvgIpc) is 2.41. The summed E-state index contributed by atoms with van der Waals surface area (Å²) in [5.74, 6) is -1.61. The SMILES string of the molecule is O=C(NC1CCCCC1O)c1ccc([N+](=O)[O-])cc1F. The summed E-state index contributed by atoms with van der Waals surface area (Å²) in [5.41, 5.74) is -0.662. The number of aliphatic hydroxyl groups is 1. The minimum Gasteiger partial charge on any atom is -0.391 e. The zero-order valence-electron chi connectivity index (χ0n) is 10.7. The maximum Gasteiger partial charge on any atom is 0.272 e. The molecule has 1 aromatic rings. The maximum absolute atomic E-state index is 13.7. The van der Waals surface area contributed by atoms with Crippen molar-refractivity contribution in [3.8, 4) is 0 Å². The molecule has 1 amide bonds. The van der Waals surface area contributed by atoms with Crippen molar-refractivity contribution in [3.05, 3.63) is 39.7 Å². The minimum absolute atomic E-state index is 0.256. The largest absolute Gasteiger partial charge is 0.391 e. The van der Waals surface area contributed by atoms with E-state index in [-0.39, 0.29) is 5.56 Å². The van der Waals surface area contributed by atoms with Crippen LogP contribution < -0.4 is 5.32 Å². The van der Waals surface area contributed by atoms with Crippen molar-refractivity contribution >= 4 is 11.6 Å². The molecule has 7 heteroatoms. The molecule has 2 unspecified atom stereocenters. The molecule has 0 aliphatic heterocycles. The van der Waals surface area contributed by atoms with Crippen LogP contribution in [-0.4, -0.2) is 28.1 Å². The van der Waals surface area contributed by atoms with Gasteiger partial charge in [0.15, 0.2) is 0 Å². The molecule has 0 spiro atoms. The molecule has 1 aliphatic rings. The summed E-state index contributed by atoms with van der Waals surface area (Å²) in [7, 11) is 0. The topological polar surface area (TPSA) is 92.5 Å². The smallest absolute Gasteiger partial charge is 0.272 e. The third-order valence-electron chi connectivity index (χ3n) is 3.45. The van der Waals surface area contributed by atoms with E-state index in [0.29, 0.717) is 18.9 Å². The average molecular weight is 282 g/mol. The highest BCUT2D eigenvalue weighted by atomic mass is 19.1. The molecule has 1 fully saturated rings. The van der Waals surface area contributed by atoms with Crippen LogP contribution in [0.25, 0.3) is 0 Å². The first-order valence-electron chi connectivity index (χ1n) is 6.42. The van der Waals surface area contributed by atoms with Gasteiger partial charge in [-0.25, -0.2) is 4.39 Å². The quantitative estimate of drug-likeness (QED) is 0.652. The number of hydrogen-bond acceptors (Lipinski definition) is 4. The van der Waals surface area contributed by atoms with Crippen LogP contribution in [-0.2, 0) is 0 Å². The Morgan fingerprint density at radius 1 is 1.40 bits per heavy atom. The lowest BCUT2D eigenvalue weighted by Crippen LogP contribution is -2.45. The number of amides is 1. The van der Waals surface area contributed by atoms with Crippen LogP contribution in [0.3, 0.4) is 0 Å². The van der Waals surface area contributed by atoms with Gasteiger partial charge in [0.05, 0.1) is 28.7 Å². The van der Waals surface area contributed by atoms with E-state index >= 15 is 0 Å². The normalized spacial score (nSPS) is 22.3. The van der Waals surface area contributed by atoms with E-state index in [1.165, 1.54) is 0 Å². The van der Waals surface area contributed by atoms with Crippen LogP contribution in [0.5, 0.6) is 0 Å². The lowest BCUT2D eigenvalue weighted by atomic mass is 9.92. The number of rotatable bonds is 3. The molecule has 2 N–H and O–H groups in total. The predicted octanol–water partition coefficient (Wildman–Crippen LogP) is 1.77. The molecule has 0 bridgehead atoms. The Labute approximate surface area is 114 Å². The van der Waals surface area contributed by atoms with E-state index in [0.717, 1.165) is 25.0 Å². The number of hydrogen-bond donors (Lipinski definition) is 2. The molecule has 1 saturated carbocycles. The van der Waals surface area contributed by atoms with Gasteiger partial charge in [-0.1, -0.05) is 12.8 Å². The molecule has 2 atom stereocenters. The summed E-state index contributed by atoms with van der Waals surface area (Å²) < 4.78 is 13.7. The summed E-state index contributed by atoms with van der Waals surface area (Å²) in [6, 6.07) is 2.48. The Balaban J connectivity index is 2.11. The monoisotopic (exact) mass is 282 g/mol. The van der Waals surface area contributed by atoms with Gasteiger partial charge in [0.25, 0.3) is 11.6 Å². The molecule has 20 heavy (non-hydrogen) atoms. The summed E-state index contributed by atoms with van der Waals surface area (Å²) >= 11 is 0. The van der Waals surface area contributed by atoms with Crippen LogP contribution in [0.1, 0.15) is 36.0 Å². The third kappa shape index (κ3) is 3.11. The van der Waals surface area contributed by atoms with Crippen molar-refractivity contribution in [2.24, 2.45) is 0 Å². The highest BCUT2D eigenvalue weighted by molar-refractivity contribution is 5.94. The van der Waals surface area contributed by atoms with E-state index < -0.39 is 34.5 Å². The van der Waals surface area contributed by atoms with Gasteiger partial charge >= 0.3 is 0 Å². The zero-order valence-corrected chi connectivity index (χ0v) is 10.7. The highest BCUT2D eigenvalue weighted by Crippen LogP contribution is 2.20. The summed E-state index contributed by atoms with van der Waals surface area (Å²) in [6.07, 6.45) is 2.41. The van der Waals surface area contributed by atoms with Crippen LogP contribution >= 0.6 is 0 Å². The van der Waals surface area contributed by atoms with Crippen molar-refractivity contribution in [1.82, 2.24) is 5.32 Å². The number of carbonyl (C=O) groups excluding carboxylic acids is 1. The summed E-state index contributed by atoms with van der Waals surface area (Å²) in [6.45, 7) is 0. The highest BCUT2D eigenvalue weighted by Gasteiger charge is 2.26. The maximum atomic E-state index is 13.7. The first-order valence-corrected chi connectivity index (χ1v) is 6.42. The lowest BCUT2D eigenvalue weighted by molar-refractivity contribution is -0.385. The van der Waals surface area contributed by atoms with Crippen molar-refractivity contribution in [2.75, 3.05) is 0 Å². The van der Waals surface area contributed by atoms with E-state index in [1.54, 1.807) is 0 Å². The Kier molecular flexibility index (Phi) is 4.29. The molecule has 2 rings (SSSR count). The van der Waals surface area contributed by atoms with E-state index in [4.69, 9.17) is 0 Å². The Bertz CT molecular complexity index is 535. The van der Waals surface area contributed by atoms with Crippen LogP contribution in [0, 0.1) is 15.9 Å². The molecule has 0 aromatic heterocycles. The minimum atomic E-state index is -0.943. The summed E-state index contributed by atoms with van der Waals surface area (Å²) in [4.78, 5) is 21.7. The second kappa shape index (κ2) is 5.96. The van der Waals surface area contributed by atoms with Crippen molar-refractivity contribution < 1.29 is 19.2 Å². The molecule has 6 nitrogen and oxygen atoms in total. The first-order chi connectivity index (χ1) is 9.49. The third-order valence-corrected chi connectivity index (χ3v) is 3.45. The van der Waals surface area contributed by atoms with Crippen LogP contribution in [0.15, 0.2) is 18.2 Å². The number of halogens is 1. The van der Waals surface area contributed by atoms with Crippen molar-refractivity contribution in [2.45, 2.75) is 37.8 Å². The van der Waals surface area contributed by atoms with Gasteiger partial charge in [-0.05, 0) is 18.9 Å². The van der Waals surface area contributed by atoms with E-state index in [1.807, 2.05) is 0 Å².